The third kappa shape index (κ3) is 10.1. The lowest BCUT2D eigenvalue weighted by Gasteiger charge is -2.31. The summed E-state index contributed by atoms with van der Waals surface area (Å²) >= 11 is 3.52. The van der Waals surface area contributed by atoms with Gasteiger partial charge in [0.25, 0.3) is 5.91 Å². The second-order valence-electron chi connectivity index (χ2n) is 11.2. The lowest BCUT2D eigenvalue weighted by Crippen LogP contribution is -2.51. The van der Waals surface area contributed by atoms with Crippen LogP contribution >= 0.6 is 15.9 Å². The van der Waals surface area contributed by atoms with Crippen LogP contribution in [0.25, 0.3) is 0 Å². The van der Waals surface area contributed by atoms with E-state index in [1.165, 1.54) is 16.4 Å². The van der Waals surface area contributed by atoms with Gasteiger partial charge in [0.15, 0.2) is 0 Å². The topological polar surface area (TPSA) is 166 Å². The Hall–Kier alpha value is -3.26. The molecule has 3 rings (SSSR count). The number of aliphatic imine (C=N–C) groups is 1. The highest BCUT2D eigenvalue weighted by Crippen LogP contribution is 2.23. The van der Waals surface area contributed by atoms with E-state index >= 15 is 0 Å². The summed E-state index contributed by atoms with van der Waals surface area (Å²) in [5.41, 5.74) is 8.21. The molecular weight excluding hydrogens is 648 g/mol. The number of nitrogens with two attached hydrogens (primary N) is 1. The number of anilines is 1. The molecule has 0 unspecified atom stereocenters. The fourth-order valence-electron chi connectivity index (χ4n) is 4.71. The highest BCUT2D eigenvalue weighted by Gasteiger charge is 2.31. The maximum Gasteiger partial charge on any atom is 0.268 e. The second-order valence-corrected chi connectivity index (χ2v) is 14.0. The number of aliphatic hydroxyl groups is 1. The molecule has 0 aliphatic carbocycles. The quantitative estimate of drug-likeness (QED) is 0.133. The van der Waals surface area contributed by atoms with E-state index in [0.717, 1.165) is 15.7 Å². The molecule has 2 aromatic rings. The van der Waals surface area contributed by atoms with E-state index in [-0.39, 0.29) is 48.5 Å². The average molecular weight is 692 g/mol. The van der Waals surface area contributed by atoms with Gasteiger partial charge in [-0.15, -0.1) is 0 Å². The Kier molecular flexibility index (Phi) is 13.4. The molecule has 0 saturated heterocycles. The summed E-state index contributed by atoms with van der Waals surface area (Å²) in [7, 11) is -3.86. The van der Waals surface area contributed by atoms with Crippen LogP contribution in [0.5, 0.6) is 0 Å². The molecule has 13 heteroatoms. The largest absolute Gasteiger partial charge is 0.399 e. The molecule has 0 spiro atoms. The molecule has 1 aliphatic heterocycles. The maximum atomic E-state index is 13.5. The monoisotopic (exact) mass is 690 g/mol. The number of carbonyl (C=O) groups excluding carboxylic acids is 2. The molecule has 0 radical (unpaired) electrons. The molecule has 0 bridgehead atoms. The first kappa shape index (κ1) is 35.2. The molecule has 6 N–H and O–H groups in total. The molecule has 0 saturated carbocycles. The summed E-state index contributed by atoms with van der Waals surface area (Å²) in [6.07, 6.45) is 3.37. The van der Waals surface area contributed by atoms with Crippen LogP contribution in [0, 0.1) is 5.92 Å². The van der Waals surface area contributed by atoms with E-state index in [0.29, 0.717) is 31.5 Å². The minimum absolute atomic E-state index is 0.0408. The molecule has 2 aromatic carbocycles. The number of hydrogen-bond donors (Lipinski definition) is 5. The van der Waals surface area contributed by atoms with Gasteiger partial charge in [-0.2, -0.15) is 4.31 Å². The van der Waals surface area contributed by atoms with E-state index < -0.39 is 28.0 Å². The Morgan fingerprint density at radius 1 is 1.14 bits per heavy atom. The van der Waals surface area contributed by atoms with Gasteiger partial charge in [0.1, 0.15) is 11.8 Å². The molecule has 44 heavy (non-hydrogen) atoms. The molecular formula is C31H43BrN6O5S. The molecule has 2 amide bonds. The van der Waals surface area contributed by atoms with Crippen molar-refractivity contribution in [1.82, 2.24) is 20.3 Å². The van der Waals surface area contributed by atoms with Gasteiger partial charge in [-0.1, -0.05) is 54.4 Å². The SMILES string of the molecule is CC1=CN=C(C(=O)N[C@@H](Cc2ccccc2Br)C(=O)NCCCC[C@@H](CO)N(CC(C)C)S(=O)(=O)c2ccc(N)cc2)CN1. The minimum atomic E-state index is -3.86. The number of benzene rings is 2. The number of rotatable bonds is 16. The molecule has 2 atom stereocenters. The van der Waals surface area contributed by atoms with Crippen molar-refractivity contribution in [2.24, 2.45) is 10.9 Å². The van der Waals surface area contributed by atoms with Gasteiger partial charge in [0, 0.05) is 47.6 Å². The number of nitrogen functional groups attached to an aromatic ring is 1. The van der Waals surface area contributed by atoms with E-state index in [4.69, 9.17) is 5.73 Å². The van der Waals surface area contributed by atoms with Crippen molar-refractivity contribution in [3.05, 3.63) is 70.5 Å². The summed E-state index contributed by atoms with van der Waals surface area (Å²) in [5, 5.41) is 19.0. The number of sulfonamides is 1. The van der Waals surface area contributed by atoms with Crippen molar-refractivity contribution in [1.29, 1.82) is 0 Å². The zero-order chi connectivity index (χ0) is 32.3. The van der Waals surface area contributed by atoms with Gasteiger partial charge in [0.05, 0.1) is 18.0 Å². The number of allylic oxidation sites excluding steroid dienone is 1. The first-order chi connectivity index (χ1) is 20.9. The fourth-order valence-corrected chi connectivity index (χ4v) is 6.96. The van der Waals surface area contributed by atoms with Crippen molar-refractivity contribution >= 4 is 49.2 Å². The summed E-state index contributed by atoms with van der Waals surface area (Å²) < 4.78 is 29.2. The van der Waals surface area contributed by atoms with E-state index in [1.807, 2.05) is 45.0 Å². The maximum absolute atomic E-state index is 13.5. The number of halogens is 1. The Balaban J connectivity index is 1.62. The van der Waals surface area contributed by atoms with Gasteiger partial charge in [-0.3, -0.25) is 14.6 Å². The van der Waals surface area contributed by atoms with Crippen LogP contribution in [0.2, 0.25) is 0 Å². The van der Waals surface area contributed by atoms with Crippen LogP contribution < -0.4 is 21.7 Å². The summed E-state index contributed by atoms with van der Waals surface area (Å²) in [4.78, 5) is 30.5. The van der Waals surface area contributed by atoms with E-state index in [1.54, 1.807) is 18.3 Å². The zero-order valence-electron chi connectivity index (χ0n) is 25.4. The fraction of sp³-hybridized carbons (Fsp3) is 0.452. The third-order valence-corrected chi connectivity index (χ3v) is 9.83. The van der Waals surface area contributed by atoms with Gasteiger partial charge in [-0.25, -0.2) is 8.42 Å². The number of unbranched alkanes of at least 4 members (excludes halogenated alkanes) is 1. The van der Waals surface area contributed by atoms with Crippen molar-refractivity contribution in [3.8, 4) is 0 Å². The Morgan fingerprint density at radius 2 is 1.84 bits per heavy atom. The van der Waals surface area contributed by atoms with Gasteiger partial charge in [-0.05, 0) is 61.6 Å². The zero-order valence-corrected chi connectivity index (χ0v) is 27.8. The summed E-state index contributed by atoms with van der Waals surface area (Å²) in [5.74, 6) is -0.720. The number of carbonyl (C=O) groups is 2. The van der Waals surface area contributed by atoms with Crippen molar-refractivity contribution < 1.29 is 23.1 Å². The van der Waals surface area contributed by atoms with Crippen LogP contribution in [-0.2, 0) is 26.0 Å². The van der Waals surface area contributed by atoms with Crippen LogP contribution in [-0.4, -0.2) is 73.7 Å². The first-order valence-electron chi connectivity index (χ1n) is 14.7. The molecule has 240 valence electrons. The number of amides is 2. The number of aliphatic hydroxyl groups excluding tert-OH is 1. The van der Waals surface area contributed by atoms with E-state index in [9.17, 15) is 23.1 Å². The number of nitrogens with zero attached hydrogens (tertiary/aromatic N) is 2. The second kappa shape index (κ2) is 16.7. The third-order valence-electron chi connectivity index (χ3n) is 7.13. The van der Waals surface area contributed by atoms with Gasteiger partial charge in [0.2, 0.25) is 15.9 Å². The molecule has 1 aliphatic rings. The summed E-state index contributed by atoms with van der Waals surface area (Å²) in [6, 6.07) is 12.1. The van der Waals surface area contributed by atoms with Gasteiger partial charge >= 0.3 is 0 Å². The lowest BCUT2D eigenvalue weighted by atomic mass is 10.0. The lowest BCUT2D eigenvalue weighted by molar-refractivity contribution is -0.126. The van der Waals surface area contributed by atoms with Gasteiger partial charge < -0.3 is 26.8 Å². The van der Waals surface area contributed by atoms with Crippen molar-refractivity contribution in [2.75, 3.05) is 32.0 Å². The Morgan fingerprint density at radius 3 is 2.45 bits per heavy atom. The molecule has 0 fully saturated rings. The van der Waals surface area contributed by atoms with Crippen LogP contribution in [0.15, 0.2) is 74.8 Å². The molecule has 1 heterocycles. The van der Waals surface area contributed by atoms with Crippen LogP contribution in [0.3, 0.4) is 0 Å². The predicted molar refractivity (Wildman–Crippen MR) is 176 cm³/mol. The van der Waals surface area contributed by atoms with Crippen LogP contribution in [0.4, 0.5) is 5.69 Å². The highest BCUT2D eigenvalue weighted by atomic mass is 79.9. The van der Waals surface area contributed by atoms with Crippen molar-refractivity contribution in [3.63, 3.8) is 0 Å². The Bertz CT molecular complexity index is 1450. The van der Waals surface area contributed by atoms with E-state index in [2.05, 4.69) is 36.9 Å². The highest BCUT2D eigenvalue weighted by molar-refractivity contribution is 9.10. The van der Waals surface area contributed by atoms with Crippen LogP contribution in [0.1, 0.15) is 45.6 Å². The Labute approximate surface area is 268 Å². The number of nitrogens with one attached hydrogen (secondary N) is 3. The molecule has 11 nitrogen and oxygen atoms in total. The average Bonchev–Trinajstić information content (AvgIpc) is 2.99. The number of hydrogen-bond acceptors (Lipinski definition) is 8. The first-order valence-corrected chi connectivity index (χ1v) is 16.9. The van der Waals surface area contributed by atoms with Crippen molar-refractivity contribution in [2.45, 2.75) is 63.4 Å². The minimum Gasteiger partial charge on any atom is -0.399 e. The predicted octanol–water partition coefficient (Wildman–Crippen LogP) is 2.96. The standard InChI is InChI=1S/C31H43BrN6O5S/c1-21(2)19-38(44(42,43)26-13-11-24(33)12-14-26)25(20-39)9-6-7-15-34-30(40)28(16-23-8-4-5-10-27(23)32)37-31(41)29-18-35-22(3)17-36-29/h4-5,8,10-14,17,21,25,28,35,39H,6-7,9,15-16,18-20,33H2,1-3H3,(H,34,40)(H,37,41)/t25-,28-/m0/s1. The summed E-state index contributed by atoms with van der Waals surface area (Å²) in [6.45, 7) is 6.21. The smallest absolute Gasteiger partial charge is 0.268 e. The normalized spacial score (nSPS) is 14.8. The molecule has 0 aromatic heterocycles.